The molecule has 5 nitrogen and oxygen atoms in total. The minimum Gasteiger partial charge on any atom is -0.493 e. The van der Waals surface area contributed by atoms with E-state index in [1.807, 2.05) is 6.92 Å². The smallest absolute Gasteiger partial charge is 0.184 e. The van der Waals surface area contributed by atoms with E-state index in [0.29, 0.717) is 24.5 Å². The Bertz CT molecular complexity index is 361. The molecule has 0 bridgehead atoms. The predicted molar refractivity (Wildman–Crippen MR) is 64.5 cm³/mol. The lowest BCUT2D eigenvalue weighted by molar-refractivity contribution is 0.0949. The van der Waals surface area contributed by atoms with Gasteiger partial charge in [-0.2, -0.15) is 5.10 Å². The van der Waals surface area contributed by atoms with E-state index < -0.39 is 0 Å². The van der Waals surface area contributed by atoms with Crippen LogP contribution < -0.4 is 4.74 Å². The van der Waals surface area contributed by atoms with Crippen LogP contribution in [0, 0.1) is 0 Å². The van der Waals surface area contributed by atoms with E-state index >= 15 is 0 Å². The summed E-state index contributed by atoms with van der Waals surface area (Å²) in [5, 5.41) is 4.17. The van der Waals surface area contributed by atoms with Crippen molar-refractivity contribution < 1.29 is 14.3 Å². The van der Waals surface area contributed by atoms with E-state index in [2.05, 4.69) is 5.10 Å². The van der Waals surface area contributed by atoms with Gasteiger partial charge in [0.25, 0.3) is 0 Å². The first-order valence-corrected chi connectivity index (χ1v) is 5.86. The number of hydrogen-bond acceptors (Lipinski definition) is 4. The summed E-state index contributed by atoms with van der Waals surface area (Å²) in [5.41, 5.74) is 0.574. The number of carbonyl (C=O) groups excluding carboxylic acids is 1. The molecule has 0 N–H and O–H groups in total. The zero-order valence-corrected chi connectivity index (χ0v) is 10.7. The van der Waals surface area contributed by atoms with Crippen molar-refractivity contribution in [3.05, 3.63) is 11.9 Å². The van der Waals surface area contributed by atoms with Crippen LogP contribution in [0.25, 0.3) is 0 Å². The summed E-state index contributed by atoms with van der Waals surface area (Å²) in [6.07, 6.45) is 3.71. The largest absolute Gasteiger partial charge is 0.493 e. The van der Waals surface area contributed by atoms with Gasteiger partial charge in [-0.3, -0.25) is 9.48 Å². The van der Waals surface area contributed by atoms with Crippen LogP contribution in [0.5, 0.6) is 5.75 Å². The van der Waals surface area contributed by atoms with Crippen LogP contribution in [-0.2, 0) is 11.3 Å². The average Bonchev–Trinajstić information content (AvgIpc) is 2.73. The van der Waals surface area contributed by atoms with Gasteiger partial charge in [0.15, 0.2) is 11.5 Å². The molecule has 0 unspecified atom stereocenters. The fourth-order valence-corrected chi connectivity index (χ4v) is 1.68. The van der Waals surface area contributed by atoms with Crippen LogP contribution >= 0.6 is 0 Å². The second-order valence-corrected chi connectivity index (χ2v) is 3.80. The first-order chi connectivity index (χ1) is 8.24. The highest BCUT2D eigenvalue weighted by molar-refractivity contribution is 5.96. The first kappa shape index (κ1) is 13.7. The van der Waals surface area contributed by atoms with Crippen molar-refractivity contribution in [3.8, 4) is 5.75 Å². The zero-order valence-electron chi connectivity index (χ0n) is 10.7. The molecular weight excluding hydrogens is 220 g/mol. The number of aromatic nitrogens is 2. The normalized spacial score (nSPS) is 10.5. The van der Waals surface area contributed by atoms with Crippen LogP contribution in [0.1, 0.15) is 36.7 Å². The number of Topliss-reactive ketones (excluding diaryl/α,β-unsaturated/α-hetero) is 1. The molecule has 0 amide bonds. The molecule has 0 radical (unpaired) electrons. The molecule has 0 fully saturated rings. The van der Waals surface area contributed by atoms with Gasteiger partial charge in [0.05, 0.1) is 13.3 Å². The van der Waals surface area contributed by atoms with Gasteiger partial charge in [-0.05, 0) is 12.8 Å². The Kier molecular flexibility index (Phi) is 5.69. The van der Waals surface area contributed by atoms with Gasteiger partial charge in [0.2, 0.25) is 0 Å². The van der Waals surface area contributed by atoms with Crippen molar-refractivity contribution >= 4 is 5.78 Å². The highest BCUT2D eigenvalue weighted by Gasteiger charge is 2.18. The van der Waals surface area contributed by atoms with Crippen molar-refractivity contribution in [2.45, 2.75) is 32.7 Å². The molecule has 1 rings (SSSR count). The zero-order chi connectivity index (χ0) is 12.7. The Morgan fingerprint density at radius 2 is 2.24 bits per heavy atom. The van der Waals surface area contributed by atoms with Gasteiger partial charge in [-0.25, -0.2) is 0 Å². The fraction of sp³-hybridized carbons (Fsp3) is 0.667. The average molecular weight is 240 g/mol. The minimum absolute atomic E-state index is 0.0600. The molecule has 96 valence electrons. The van der Waals surface area contributed by atoms with Crippen LogP contribution in [-0.4, -0.2) is 36.4 Å². The molecule has 0 spiro atoms. The lowest BCUT2D eigenvalue weighted by Crippen LogP contribution is -2.12. The Labute approximate surface area is 102 Å². The molecule has 1 aromatic heterocycles. The van der Waals surface area contributed by atoms with Crippen LogP contribution in [0.3, 0.4) is 0 Å². The second-order valence-electron chi connectivity index (χ2n) is 3.80. The predicted octanol–water partition coefficient (Wildman–Crippen LogP) is 1.91. The summed E-state index contributed by atoms with van der Waals surface area (Å²) in [4.78, 5) is 12.1. The molecule has 1 heterocycles. The number of hydrogen-bond donors (Lipinski definition) is 0. The van der Waals surface area contributed by atoms with Gasteiger partial charge in [0.1, 0.15) is 5.69 Å². The maximum absolute atomic E-state index is 12.1. The van der Waals surface area contributed by atoms with Gasteiger partial charge < -0.3 is 9.47 Å². The third kappa shape index (κ3) is 3.56. The number of carbonyl (C=O) groups is 1. The van der Waals surface area contributed by atoms with Crippen molar-refractivity contribution in [3.63, 3.8) is 0 Å². The molecule has 17 heavy (non-hydrogen) atoms. The van der Waals surface area contributed by atoms with E-state index in [-0.39, 0.29) is 5.78 Å². The number of rotatable bonds is 8. The maximum atomic E-state index is 12.1. The monoisotopic (exact) mass is 240 g/mol. The Balaban J connectivity index is 2.77. The molecule has 0 aromatic carbocycles. The summed E-state index contributed by atoms with van der Waals surface area (Å²) in [6, 6.07) is 0. The van der Waals surface area contributed by atoms with E-state index in [4.69, 9.17) is 9.47 Å². The lowest BCUT2D eigenvalue weighted by atomic mass is 10.1. The molecule has 0 aliphatic heterocycles. The first-order valence-electron chi connectivity index (χ1n) is 5.86. The molecule has 0 saturated heterocycles. The molecule has 0 saturated carbocycles. The molecule has 0 aliphatic rings. The summed E-state index contributed by atoms with van der Waals surface area (Å²) < 4.78 is 11.8. The van der Waals surface area contributed by atoms with Crippen LogP contribution in [0.2, 0.25) is 0 Å². The second kappa shape index (κ2) is 7.06. The van der Waals surface area contributed by atoms with Crippen molar-refractivity contribution in [1.82, 2.24) is 9.78 Å². The van der Waals surface area contributed by atoms with Crippen LogP contribution in [0.15, 0.2) is 6.20 Å². The molecule has 1 aromatic rings. The SMILES string of the molecule is CCCn1ncc(OC)c1C(=O)CCCOC. The van der Waals surface area contributed by atoms with Crippen LogP contribution in [0.4, 0.5) is 0 Å². The van der Waals surface area contributed by atoms with E-state index in [0.717, 1.165) is 19.4 Å². The molecular formula is C12H20N2O3. The molecule has 0 aliphatic carbocycles. The summed E-state index contributed by atoms with van der Waals surface area (Å²) in [7, 11) is 3.19. The third-order valence-corrected chi connectivity index (χ3v) is 2.48. The number of ether oxygens (including phenoxy) is 2. The third-order valence-electron chi connectivity index (χ3n) is 2.48. The summed E-state index contributed by atoms with van der Waals surface area (Å²) in [6.45, 7) is 3.37. The fourth-order valence-electron chi connectivity index (χ4n) is 1.68. The van der Waals surface area contributed by atoms with Crippen molar-refractivity contribution in [2.24, 2.45) is 0 Å². The minimum atomic E-state index is 0.0600. The van der Waals surface area contributed by atoms with Crippen molar-refractivity contribution in [2.75, 3.05) is 20.8 Å². The van der Waals surface area contributed by atoms with Gasteiger partial charge in [-0.1, -0.05) is 6.92 Å². The van der Waals surface area contributed by atoms with E-state index in [9.17, 15) is 4.79 Å². The quantitative estimate of drug-likeness (QED) is 0.514. The lowest BCUT2D eigenvalue weighted by Gasteiger charge is -2.07. The number of nitrogens with zero attached hydrogens (tertiary/aromatic N) is 2. The number of ketones is 1. The Morgan fingerprint density at radius 3 is 2.82 bits per heavy atom. The van der Waals surface area contributed by atoms with E-state index in [1.165, 1.54) is 0 Å². The highest BCUT2D eigenvalue weighted by atomic mass is 16.5. The maximum Gasteiger partial charge on any atom is 0.184 e. The van der Waals surface area contributed by atoms with Gasteiger partial charge in [0, 0.05) is 26.7 Å². The topological polar surface area (TPSA) is 53.4 Å². The Hall–Kier alpha value is -1.36. The number of aryl methyl sites for hydroxylation is 1. The standard InChI is InChI=1S/C12H20N2O3/c1-4-7-14-12(11(17-3)9-13-14)10(15)6-5-8-16-2/h9H,4-8H2,1-3H3. The summed E-state index contributed by atoms with van der Waals surface area (Å²) >= 11 is 0. The van der Waals surface area contributed by atoms with Gasteiger partial charge >= 0.3 is 0 Å². The van der Waals surface area contributed by atoms with E-state index in [1.54, 1.807) is 25.1 Å². The Morgan fingerprint density at radius 1 is 1.47 bits per heavy atom. The number of methoxy groups -OCH3 is 2. The van der Waals surface area contributed by atoms with Crippen molar-refractivity contribution in [1.29, 1.82) is 0 Å². The highest BCUT2D eigenvalue weighted by Crippen LogP contribution is 2.20. The summed E-state index contributed by atoms with van der Waals surface area (Å²) in [5.74, 6) is 0.616. The molecule has 0 atom stereocenters. The molecule has 5 heteroatoms. The van der Waals surface area contributed by atoms with Gasteiger partial charge in [-0.15, -0.1) is 0 Å².